The van der Waals surface area contributed by atoms with Gasteiger partial charge in [0.2, 0.25) is 0 Å². The van der Waals surface area contributed by atoms with E-state index in [0.717, 1.165) is 18.4 Å². The largest absolute Gasteiger partial charge is 0.396 e. The minimum atomic E-state index is -0.368. The van der Waals surface area contributed by atoms with Crippen molar-refractivity contribution in [1.29, 1.82) is 0 Å². The molecule has 0 aromatic carbocycles. The number of rotatable bonds is 2. The van der Waals surface area contributed by atoms with Gasteiger partial charge in [0.1, 0.15) is 0 Å². The van der Waals surface area contributed by atoms with Crippen molar-refractivity contribution in [3.8, 4) is 0 Å². The molecule has 2 nitrogen and oxygen atoms in total. The second-order valence-electron chi connectivity index (χ2n) is 11.5. The van der Waals surface area contributed by atoms with Crippen LogP contribution in [-0.2, 0) is 4.79 Å². The molecular formula is C24H40O2. The van der Waals surface area contributed by atoms with Crippen LogP contribution in [0.4, 0.5) is 0 Å². The topological polar surface area (TPSA) is 37.3 Å². The molecule has 0 spiro atoms. The Kier molecular flexibility index (Phi) is 4.22. The second kappa shape index (κ2) is 5.46. The van der Waals surface area contributed by atoms with Crippen LogP contribution in [-0.4, -0.2) is 17.5 Å². The summed E-state index contributed by atoms with van der Waals surface area (Å²) in [4.78, 5) is 13.8. The number of aliphatic hydroxyl groups excluding tert-OH is 1. The third-order valence-corrected chi connectivity index (χ3v) is 10.9. The van der Waals surface area contributed by atoms with E-state index in [2.05, 4.69) is 55.4 Å². The van der Waals surface area contributed by atoms with Crippen LogP contribution in [0.3, 0.4) is 0 Å². The zero-order chi connectivity index (χ0) is 19.8. The molecule has 0 radical (unpaired) electrons. The van der Waals surface area contributed by atoms with Crippen LogP contribution in [0.15, 0.2) is 11.6 Å². The van der Waals surface area contributed by atoms with Gasteiger partial charge in [0, 0.05) is 12.0 Å². The van der Waals surface area contributed by atoms with Gasteiger partial charge in [0.15, 0.2) is 5.78 Å². The molecule has 3 rings (SSSR count). The van der Waals surface area contributed by atoms with Crippen LogP contribution >= 0.6 is 0 Å². The SMILES string of the molecule is CC1(C)CCCC2(C)C1(C)CCC1(C)C(C)(C)C(CCO)=CC(=O)C12C. The summed E-state index contributed by atoms with van der Waals surface area (Å²) in [5.41, 5.74) is 1.02. The maximum atomic E-state index is 13.8. The zero-order valence-corrected chi connectivity index (χ0v) is 18.4. The lowest BCUT2D eigenvalue weighted by atomic mass is 9.27. The van der Waals surface area contributed by atoms with E-state index < -0.39 is 0 Å². The van der Waals surface area contributed by atoms with Gasteiger partial charge >= 0.3 is 0 Å². The zero-order valence-electron chi connectivity index (χ0n) is 18.4. The lowest BCUT2D eigenvalue weighted by molar-refractivity contribution is -0.252. The predicted molar refractivity (Wildman–Crippen MR) is 108 cm³/mol. The molecule has 2 fully saturated rings. The molecule has 0 aliphatic heterocycles. The molecule has 0 amide bonds. The number of aliphatic hydroxyl groups is 1. The molecule has 0 aromatic rings. The Balaban J connectivity index is 2.27. The Hall–Kier alpha value is -0.630. The first-order valence-electron chi connectivity index (χ1n) is 10.6. The minimum Gasteiger partial charge on any atom is -0.396 e. The maximum absolute atomic E-state index is 13.8. The van der Waals surface area contributed by atoms with Crippen LogP contribution in [0, 0.1) is 32.5 Å². The number of hydrogen-bond donors (Lipinski definition) is 1. The van der Waals surface area contributed by atoms with Crippen molar-refractivity contribution in [3.05, 3.63) is 11.6 Å². The lowest BCUT2D eigenvalue weighted by Crippen LogP contribution is -2.72. The Morgan fingerprint density at radius 2 is 1.42 bits per heavy atom. The monoisotopic (exact) mass is 360 g/mol. The smallest absolute Gasteiger partial charge is 0.162 e. The number of ketones is 1. The highest BCUT2D eigenvalue weighted by atomic mass is 16.3. The molecule has 3 aliphatic carbocycles. The van der Waals surface area contributed by atoms with Crippen LogP contribution in [0.1, 0.15) is 93.9 Å². The Bertz CT molecular complexity index is 657. The first-order chi connectivity index (χ1) is 11.8. The first kappa shape index (κ1) is 20.1. The van der Waals surface area contributed by atoms with E-state index in [1.54, 1.807) is 0 Å². The van der Waals surface area contributed by atoms with Gasteiger partial charge in [-0.05, 0) is 65.3 Å². The fraction of sp³-hybridized carbons (Fsp3) is 0.875. The van der Waals surface area contributed by atoms with Crippen molar-refractivity contribution in [1.82, 2.24) is 0 Å². The number of carbonyl (C=O) groups is 1. The number of allylic oxidation sites excluding steroid dienone is 1. The van der Waals surface area contributed by atoms with E-state index >= 15 is 0 Å². The summed E-state index contributed by atoms with van der Waals surface area (Å²) < 4.78 is 0. The summed E-state index contributed by atoms with van der Waals surface area (Å²) in [6.45, 7) is 19.2. The summed E-state index contributed by atoms with van der Waals surface area (Å²) in [5.74, 6) is 0.314. The molecule has 4 atom stereocenters. The van der Waals surface area contributed by atoms with Crippen LogP contribution < -0.4 is 0 Å². The van der Waals surface area contributed by atoms with E-state index in [4.69, 9.17) is 0 Å². The van der Waals surface area contributed by atoms with E-state index in [-0.39, 0.29) is 39.1 Å². The van der Waals surface area contributed by atoms with E-state index in [0.29, 0.717) is 12.2 Å². The quantitative estimate of drug-likeness (QED) is 0.662. The van der Waals surface area contributed by atoms with Gasteiger partial charge in [-0.2, -0.15) is 0 Å². The highest BCUT2D eigenvalue weighted by Crippen LogP contribution is 2.79. The molecule has 0 saturated heterocycles. The van der Waals surface area contributed by atoms with Crippen molar-refractivity contribution < 1.29 is 9.90 Å². The highest BCUT2D eigenvalue weighted by molar-refractivity contribution is 5.98. The fourth-order valence-electron chi connectivity index (χ4n) is 7.78. The molecular weight excluding hydrogens is 320 g/mol. The van der Waals surface area contributed by atoms with Crippen LogP contribution in [0.2, 0.25) is 0 Å². The molecule has 148 valence electrons. The molecule has 4 unspecified atom stereocenters. The fourth-order valence-corrected chi connectivity index (χ4v) is 7.78. The summed E-state index contributed by atoms with van der Waals surface area (Å²) in [7, 11) is 0. The molecule has 0 bridgehead atoms. The van der Waals surface area contributed by atoms with E-state index in [9.17, 15) is 9.90 Å². The predicted octanol–water partition coefficient (Wildman–Crippen LogP) is 5.93. The van der Waals surface area contributed by atoms with Crippen molar-refractivity contribution in [2.24, 2.45) is 32.5 Å². The molecule has 0 aromatic heterocycles. The summed E-state index contributed by atoms with van der Waals surface area (Å²) in [6, 6.07) is 0. The minimum absolute atomic E-state index is 0.00958. The van der Waals surface area contributed by atoms with E-state index in [1.165, 1.54) is 19.3 Å². The highest BCUT2D eigenvalue weighted by Gasteiger charge is 2.75. The van der Waals surface area contributed by atoms with Crippen molar-refractivity contribution >= 4 is 5.78 Å². The van der Waals surface area contributed by atoms with Gasteiger partial charge in [0.25, 0.3) is 0 Å². The van der Waals surface area contributed by atoms with Gasteiger partial charge in [0.05, 0.1) is 0 Å². The van der Waals surface area contributed by atoms with Gasteiger partial charge < -0.3 is 5.11 Å². The molecule has 3 aliphatic rings. The van der Waals surface area contributed by atoms with Crippen LogP contribution in [0.5, 0.6) is 0 Å². The van der Waals surface area contributed by atoms with Gasteiger partial charge in [-0.3, -0.25) is 4.79 Å². The molecule has 0 heterocycles. The molecule has 1 N–H and O–H groups in total. The average molecular weight is 361 g/mol. The standard InChI is InChI=1S/C24H40O2/c1-19(2)11-9-12-23(7)21(19,5)13-14-22(6)20(3,4)17(10-15-25)16-18(26)24(22,23)8/h16,25H,9-15H2,1-8H3. The normalized spacial score (nSPS) is 47.0. The van der Waals surface area contributed by atoms with E-state index in [1.807, 2.05) is 6.08 Å². The lowest BCUT2D eigenvalue weighted by Gasteiger charge is -2.75. The third-order valence-electron chi connectivity index (χ3n) is 10.9. The summed E-state index contributed by atoms with van der Waals surface area (Å²) in [6.07, 6.45) is 8.43. The van der Waals surface area contributed by atoms with Crippen molar-refractivity contribution in [2.45, 2.75) is 93.9 Å². The molecule has 26 heavy (non-hydrogen) atoms. The Morgan fingerprint density at radius 1 is 0.846 bits per heavy atom. The molecule has 2 heteroatoms. The Morgan fingerprint density at radius 3 is 2.00 bits per heavy atom. The van der Waals surface area contributed by atoms with Crippen molar-refractivity contribution in [2.75, 3.05) is 6.61 Å². The van der Waals surface area contributed by atoms with Crippen molar-refractivity contribution in [3.63, 3.8) is 0 Å². The average Bonchev–Trinajstić information content (AvgIpc) is 2.53. The second-order valence-corrected chi connectivity index (χ2v) is 11.5. The maximum Gasteiger partial charge on any atom is 0.162 e. The van der Waals surface area contributed by atoms with Crippen LogP contribution in [0.25, 0.3) is 0 Å². The summed E-state index contributed by atoms with van der Waals surface area (Å²) >= 11 is 0. The number of hydrogen-bond acceptors (Lipinski definition) is 2. The van der Waals surface area contributed by atoms with Gasteiger partial charge in [-0.15, -0.1) is 0 Å². The number of carbonyl (C=O) groups excluding carboxylic acids is 1. The summed E-state index contributed by atoms with van der Waals surface area (Å²) in [5, 5.41) is 9.58. The molecule has 2 saturated carbocycles. The Labute approximate surface area is 160 Å². The van der Waals surface area contributed by atoms with Gasteiger partial charge in [-0.1, -0.05) is 67.4 Å². The number of fused-ring (bicyclic) bond motifs is 3. The first-order valence-corrected chi connectivity index (χ1v) is 10.6. The third kappa shape index (κ3) is 1.90. The van der Waals surface area contributed by atoms with Gasteiger partial charge in [-0.25, -0.2) is 0 Å².